The average Bonchev–Trinajstić information content (AvgIpc) is 3.46. The molecular weight excluding hydrogens is 983 g/mol. The molecule has 0 aromatic rings. The molecule has 0 rings (SSSR count). The lowest BCUT2D eigenvalue weighted by Gasteiger charge is -2.20. The predicted molar refractivity (Wildman–Crippen MR) is 352 cm³/mol. The van der Waals surface area contributed by atoms with E-state index in [0.29, 0.717) is 19.4 Å². The molecule has 0 aromatic heterocycles. The first-order chi connectivity index (χ1) is 39.5. The highest BCUT2D eigenvalue weighted by molar-refractivity contribution is 5.76. The van der Waals surface area contributed by atoms with E-state index in [4.69, 9.17) is 4.74 Å². The SMILES string of the molecule is CCCC/C=C\CCCCCCCC(=O)OCCCCCCCCCCC/C=C\C/C=C\CCCCCCCCCCCCCCCC(=O)NC(CO)C(O)/C=C/CCCCCCCCCCCCCCCCCCCCCCC. The van der Waals surface area contributed by atoms with Crippen LogP contribution in [-0.4, -0.2) is 47.4 Å². The number of nitrogens with one attached hydrogen (secondary N) is 1. The monoisotopic (exact) mass is 1120 g/mol. The van der Waals surface area contributed by atoms with Gasteiger partial charge in [0.1, 0.15) is 0 Å². The Balaban J connectivity index is 3.44. The Labute approximate surface area is 499 Å². The summed E-state index contributed by atoms with van der Waals surface area (Å²) in [5, 5.41) is 23.3. The number of hydrogen-bond donors (Lipinski definition) is 3. The lowest BCUT2D eigenvalue weighted by atomic mass is 10.0. The molecule has 0 aromatic carbocycles. The molecule has 3 N–H and O–H groups in total. The summed E-state index contributed by atoms with van der Waals surface area (Å²) < 4.78 is 5.46. The number of rotatable bonds is 67. The van der Waals surface area contributed by atoms with Crippen LogP contribution in [-0.2, 0) is 14.3 Å². The van der Waals surface area contributed by atoms with Crippen LogP contribution in [0.5, 0.6) is 0 Å². The summed E-state index contributed by atoms with van der Waals surface area (Å²) >= 11 is 0. The summed E-state index contributed by atoms with van der Waals surface area (Å²) in [5.41, 5.74) is 0. The minimum Gasteiger partial charge on any atom is -0.466 e. The zero-order valence-electron chi connectivity index (χ0n) is 53.8. The van der Waals surface area contributed by atoms with E-state index in [9.17, 15) is 19.8 Å². The smallest absolute Gasteiger partial charge is 0.305 e. The number of allylic oxidation sites excluding steroid dienone is 7. The number of esters is 1. The molecule has 0 bridgehead atoms. The van der Waals surface area contributed by atoms with Gasteiger partial charge in [0.05, 0.1) is 25.4 Å². The molecule has 0 fully saturated rings. The Morgan fingerprint density at radius 2 is 0.637 bits per heavy atom. The Morgan fingerprint density at radius 3 is 1.00 bits per heavy atom. The Bertz CT molecular complexity index is 1340. The van der Waals surface area contributed by atoms with Crippen molar-refractivity contribution in [2.75, 3.05) is 13.2 Å². The van der Waals surface area contributed by atoms with Crippen LogP contribution in [0.3, 0.4) is 0 Å². The zero-order valence-corrected chi connectivity index (χ0v) is 53.8. The van der Waals surface area contributed by atoms with E-state index in [-0.39, 0.29) is 18.5 Å². The number of carbonyl (C=O) groups is 2. The van der Waals surface area contributed by atoms with Gasteiger partial charge in [-0.15, -0.1) is 0 Å². The standard InChI is InChI=1S/C74H139NO5/c1-3-5-7-9-11-13-15-16-17-18-19-20-28-31-34-37-40-43-47-50-54-58-62-66-72(77)71(70-76)75-73(78)67-63-59-55-51-48-44-41-38-35-32-29-26-24-22-21-23-25-27-30-33-36-39-42-45-49-53-57-61-65-69-80-74(79)68-64-60-56-52-46-14-12-10-8-6-4-2/h10,12,21,23,27,30,62,66,71-72,76-77H,3-9,11,13-20,22,24-26,28-29,31-61,63-65,67-70H2,1-2H3,(H,75,78)/b12-10-,23-21-,30-27-,66-62+. The summed E-state index contributed by atoms with van der Waals surface area (Å²) in [4.78, 5) is 24.5. The average molecular weight is 1120 g/mol. The number of ether oxygens (including phenoxy) is 1. The van der Waals surface area contributed by atoms with Crippen LogP contribution in [0.25, 0.3) is 0 Å². The second-order valence-corrected chi connectivity index (χ2v) is 24.6. The van der Waals surface area contributed by atoms with Crippen molar-refractivity contribution in [3.8, 4) is 0 Å². The maximum atomic E-state index is 12.5. The van der Waals surface area contributed by atoms with E-state index >= 15 is 0 Å². The van der Waals surface area contributed by atoms with Crippen molar-refractivity contribution in [1.29, 1.82) is 0 Å². The summed E-state index contributed by atoms with van der Waals surface area (Å²) in [6, 6.07) is -0.631. The minimum atomic E-state index is -0.847. The summed E-state index contributed by atoms with van der Waals surface area (Å²) in [5.74, 6) is -0.0648. The summed E-state index contributed by atoms with van der Waals surface area (Å²) in [6.45, 7) is 4.89. The van der Waals surface area contributed by atoms with Gasteiger partial charge in [0.2, 0.25) is 5.91 Å². The zero-order chi connectivity index (χ0) is 57.8. The number of carbonyl (C=O) groups excluding carboxylic acids is 2. The van der Waals surface area contributed by atoms with Crippen molar-refractivity contribution < 1.29 is 24.5 Å². The quantitative estimate of drug-likeness (QED) is 0.0320. The Morgan fingerprint density at radius 1 is 0.350 bits per heavy atom. The molecule has 6 nitrogen and oxygen atoms in total. The van der Waals surface area contributed by atoms with Gasteiger partial charge in [-0.25, -0.2) is 0 Å². The predicted octanol–water partition coefficient (Wildman–Crippen LogP) is 23.3. The summed E-state index contributed by atoms with van der Waals surface area (Å²) in [6.07, 6.45) is 90.5. The first-order valence-electron chi connectivity index (χ1n) is 35.9. The second kappa shape index (κ2) is 69.3. The first-order valence-corrected chi connectivity index (χ1v) is 35.9. The van der Waals surface area contributed by atoms with Gasteiger partial charge in [-0.2, -0.15) is 0 Å². The molecule has 0 aliphatic carbocycles. The van der Waals surface area contributed by atoms with Crippen molar-refractivity contribution in [3.05, 3.63) is 48.6 Å². The highest BCUT2D eigenvalue weighted by Crippen LogP contribution is 2.18. The molecule has 0 saturated heterocycles. The van der Waals surface area contributed by atoms with Crippen LogP contribution in [0.1, 0.15) is 386 Å². The van der Waals surface area contributed by atoms with E-state index < -0.39 is 12.1 Å². The van der Waals surface area contributed by atoms with Gasteiger partial charge in [-0.05, 0) is 83.5 Å². The van der Waals surface area contributed by atoms with Crippen LogP contribution in [0.15, 0.2) is 48.6 Å². The van der Waals surface area contributed by atoms with Crippen molar-refractivity contribution in [1.82, 2.24) is 5.32 Å². The van der Waals surface area contributed by atoms with Crippen molar-refractivity contribution in [2.45, 2.75) is 398 Å². The number of aliphatic hydroxyl groups is 2. The molecule has 1 amide bonds. The molecule has 0 spiro atoms. The largest absolute Gasteiger partial charge is 0.466 e. The molecule has 0 radical (unpaired) electrons. The fourth-order valence-corrected chi connectivity index (χ4v) is 11.1. The van der Waals surface area contributed by atoms with Crippen LogP contribution < -0.4 is 5.32 Å². The van der Waals surface area contributed by atoms with E-state index in [0.717, 1.165) is 51.4 Å². The number of aliphatic hydroxyl groups excluding tert-OH is 2. The molecule has 0 aliphatic rings. The van der Waals surface area contributed by atoms with Crippen molar-refractivity contribution in [3.63, 3.8) is 0 Å². The van der Waals surface area contributed by atoms with E-state index in [1.54, 1.807) is 6.08 Å². The lowest BCUT2D eigenvalue weighted by molar-refractivity contribution is -0.143. The highest BCUT2D eigenvalue weighted by atomic mass is 16.5. The summed E-state index contributed by atoms with van der Waals surface area (Å²) in [7, 11) is 0. The normalized spacial score (nSPS) is 12.8. The second-order valence-electron chi connectivity index (χ2n) is 24.6. The van der Waals surface area contributed by atoms with E-state index in [1.807, 2.05) is 6.08 Å². The van der Waals surface area contributed by atoms with Crippen LogP contribution >= 0.6 is 0 Å². The third-order valence-corrected chi connectivity index (χ3v) is 16.6. The van der Waals surface area contributed by atoms with E-state index in [2.05, 4.69) is 55.6 Å². The van der Waals surface area contributed by atoms with Gasteiger partial charge in [0.25, 0.3) is 0 Å². The van der Waals surface area contributed by atoms with Gasteiger partial charge in [0, 0.05) is 12.8 Å². The van der Waals surface area contributed by atoms with E-state index in [1.165, 1.54) is 308 Å². The van der Waals surface area contributed by atoms with Crippen LogP contribution in [0.2, 0.25) is 0 Å². The molecule has 2 atom stereocenters. The maximum Gasteiger partial charge on any atom is 0.305 e. The molecule has 0 aliphatic heterocycles. The van der Waals surface area contributed by atoms with Crippen molar-refractivity contribution >= 4 is 11.9 Å². The molecule has 6 heteroatoms. The molecule has 2 unspecified atom stereocenters. The van der Waals surface area contributed by atoms with Crippen LogP contribution in [0.4, 0.5) is 0 Å². The number of hydrogen-bond acceptors (Lipinski definition) is 5. The lowest BCUT2D eigenvalue weighted by Crippen LogP contribution is -2.45. The van der Waals surface area contributed by atoms with Crippen molar-refractivity contribution in [2.24, 2.45) is 0 Å². The van der Waals surface area contributed by atoms with Gasteiger partial charge in [0.15, 0.2) is 0 Å². The fraction of sp³-hybridized carbons (Fsp3) is 0.865. The highest BCUT2D eigenvalue weighted by Gasteiger charge is 2.18. The van der Waals surface area contributed by atoms with Gasteiger partial charge in [-0.1, -0.05) is 339 Å². The molecule has 470 valence electrons. The minimum absolute atomic E-state index is 0.000636. The molecular formula is C74H139NO5. The number of amides is 1. The van der Waals surface area contributed by atoms with Crippen LogP contribution in [0, 0.1) is 0 Å². The Hall–Kier alpha value is -2.18. The molecule has 0 saturated carbocycles. The first kappa shape index (κ1) is 77.8. The third kappa shape index (κ3) is 65.0. The fourth-order valence-electron chi connectivity index (χ4n) is 11.1. The maximum absolute atomic E-state index is 12.5. The topological polar surface area (TPSA) is 95.9 Å². The Kier molecular flexibility index (Phi) is 67.4. The van der Waals surface area contributed by atoms with Gasteiger partial charge in [-0.3, -0.25) is 9.59 Å². The molecule has 0 heterocycles. The van der Waals surface area contributed by atoms with Gasteiger partial charge >= 0.3 is 5.97 Å². The van der Waals surface area contributed by atoms with Gasteiger partial charge < -0.3 is 20.3 Å². The third-order valence-electron chi connectivity index (χ3n) is 16.6. The molecule has 80 heavy (non-hydrogen) atoms. The number of unbranched alkanes of at least 4 members (excludes halogenated alkanes) is 50.